The van der Waals surface area contributed by atoms with Gasteiger partial charge in [-0.2, -0.15) is 0 Å². The third-order valence-corrected chi connectivity index (χ3v) is 4.86. The SMILES string of the molecule is Cc1ccc(C#Cc2ccc(CCC3CCC(=O)CC3)cc2)cc1. The van der Waals surface area contributed by atoms with E-state index in [1.165, 1.54) is 17.5 Å². The Morgan fingerprint density at radius 3 is 2.00 bits per heavy atom. The van der Waals surface area contributed by atoms with Crippen molar-refractivity contribution < 1.29 is 4.79 Å². The third-order valence-electron chi connectivity index (χ3n) is 4.86. The first-order chi connectivity index (χ1) is 11.7. The number of Topliss-reactive ketones (excluding diaryl/α,β-unsaturated/α-hetero) is 1. The highest BCUT2D eigenvalue weighted by atomic mass is 16.1. The standard InChI is InChI=1S/C23H24O/c1-18-2-4-19(5-3-18)6-7-20-8-10-21(11-9-20)12-13-22-14-16-23(24)17-15-22/h2-5,8-11,22H,12-17H2,1H3. The molecule has 2 aromatic carbocycles. The largest absolute Gasteiger partial charge is 0.300 e. The molecule has 0 amide bonds. The summed E-state index contributed by atoms with van der Waals surface area (Å²) in [6, 6.07) is 16.9. The van der Waals surface area contributed by atoms with Crippen molar-refractivity contribution in [2.45, 2.75) is 45.4 Å². The van der Waals surface area contributed by atoms with E-state index in [9.17, 15) is 4.79 Å². The average Bonchev–Trinajstić information content (AvgIpc) is 2.62. The van der Waals surface area contributed by atoms with Gasteiger partial charge in [-0.15, -0.1) is 0 Å². The van der Waals surface area contributed by atoms with Gasteiger partial charge in [-0.3, -0.25) is 4.79 Å². The predicted octanol–water partition coefficient (Wildman–Crippen LogP) is 5.09. The lowest BCUT2D eigenvalue weighted by Crippen LogP contribution is -2.14. The van der Waals surface area contributed by atoms with Gasteiger partial charge >= 0.3 is 0 Å². The Morgan fingerprint density at radius 2 is 1.42 bits per heavy atom. The maximum Gasteiger partial charge on any atom is 0.132 e. The molecule has 0 N–H and O–H groups in total. The summed E-state index contributed by atoms with van der Waals surface area (Å²) in [6.45, 7) is 2.08. The van der Waals surface area contributed by atoms with E-state index in [0.717, 1.165) is 49.1 Å². The van der Waals surface area contributed by atoms with Crippen LogP contribution in [-0.4, -0.2) is 5.78 Å². The van der Waals surface area contributed by atoms with Crippen LogP contribution >= 0.6 is 0 Å². The minimum Gasteiger partial charge on any atom is -0.300 e. The summed E-state index contributed by atoms with van der Waals surface area (Å²) < 4.78 is 0. The van der Waals surface area contributed by atoms with Crippen molar-refractivity contribution in [3.05, 3.63) is 70.8 Å². The molecule has 1 aliphatic rings. The number of hydrogen-bond acceptors (Lipinski definition) is 1. The van der Waals surface area contributed by atoms with E-state index in [1.807, 2.05) is 0 Å². The summed E-state index contributed by atoms with van der Waals surface area (Å²) in [5, 5.41) is 0. The molecule has 0 radical (unpaired) electrons. The minimum atomic E-state index is 0.447. The molecular formula is C23H24O. The predicted molar refractivity (Wildman–Crippen MR) is 98.9 cm³/mol. The second-order valence-corrected chi connectivity index (χ2v) is 6.83. The van der Waals surface area contributed by atoms with Crippen LogP contribution < -0.4 is 0 Å². The van der Waals surface area contributed by atoms with Crippen molar-refractivity contribution in [1.29, 1.82) is 0 Å². The summed E-state index contributed by atoms with van der Waals surface area (Å²) in [5.41, 5.74) is 4.74. The lowest BCUT2D eigenvalue weighted by atomic mass is 9.84. The third kappa shape index (κ3) is 4.83. The monoisotopic (exact) mass is 316 g/mol. The molecule has 1 saturated carbocycles. The Hall–Kier alpha value is -2.33. The number of hydrogen-bond donors (Lipinski definition) is 0. The smallest absolute Gasteiger partial charge is 0.132 e. The molecule has 1 heteroatoms. The molecule has 0 aliphatic heterocycles. The van der Waals surface area contributed by atoms with Crippen LogP contribution in [0.4, 0.5) is 0 Å². The Bertz CT molecular complexity index is 731. The number of carbonyl (C=O) groups excluding carboxylic acids is 1. The number of aryl methyl sites for hydroxylation is 2. The van der Waals surface area contributed by atoms with E-state index in [2.05, 4.69) is 67.3 Å². The molecule has 0 saturated heterocycles. The van der Waals surface area contributed by atoms with E-state index in [4.69, 9.17) is 0 Å². The Morgan fingerprint density at radius 1 is 0.875 bits per heavy atom. The van der Waals surface area contributed by atoms with Gasteiger partial charge in [0.05, 0.1) is 0 Å². The summed E-state index contributed by atoms with van der Waals surface area (Å²) in [5.74, 6) is 7.62. The molecule has 1 nitrogen and oxygen atoms in total. The highest BCUT2D eigenvalue weighted by Gasteiger charge is 2.18. The molecular weight excluding hydrogens is 292 g/mol. The number of benzene rings is 2. The molecule has 0 bridgehead atoms. The van der Waals surface area contributed by atoms with Gasteiger partial charge in [0.1, 0.15) is 5.78 Å². The van der Waals surface area contributed by atoms with E-state index in [1.54, 1.807) is 0 Å². The Balaban J connectivity index is 1.54. The van der Waals surface area contributed by atoms with Crippen molar-refractivity contribution in [1.82, 2.24) is 0 Å². The van der Waals surface area contributed by atoms with Gasteiger partial charge in [0.15, 0.2) is 0 Å². The van der Waals surface area contributed by atoms with Gasteiger partial charge in [-0.05, 0) is 68.4 Å². The fraction of sp³-hybridized carbons (Fsp3) is 0.348. The zero-order valence-electron chi connectivity index (χ0n) is 14.3. The number of carbonyl (C=O) groups is 1. The summed E-state index contributed by atoms with van der Waals surface area (Å²) in [7, 11) is 0. The molecule has 3 rings (SSSR count). The minimum absolute atomic E-state index is 0.447. The highest BCUT2D eigenvalue weighted by molar-refractivity contribution is 5.79. The van der Waals surface area contributed by atoms with Crippen molar-refractivity contribution >= 4 is 5.78 Å². The lowest BCUT2D eigenvalue weighted by Gasteiger charge is -2.20. The first-order valence-corrected chi connectivity index (χ1v) is 8.88. The van der Waals surface area contributed by atoms with Gasteiger partial charge < -0.3 is 0 Å². The Labute approximate surface area is 145 Å². The zero-order valence-corrected chi connectivity index (χ0v) is 14.3. The number of ketones is 1. The van der Waals surface area contributed by atoms with Gasteiger partial charge in [0, 0.05) is 24.0 Å². The van der Waals surface area contributed by atoms with Crippen LogP contribution in [-0.2, 0) is 11.2 Å². The van der Waals surface area contributed by atoms with E-state index in [0.29, 0.717) is 5.78 Å². The van der Waals surface area contributed by atoms with Crippen LogP contribution in [0.1, 0.15) is 54.4 Å². The van der Waals surface area contributed by atoms with E-state index >= 15 is 0 Å². The van der Waals surface area contributed by atoms with E-state index in [-0.39, 0.29) is 0 Å². The molecule has 0 atom stereocenters. The highest BCUT2D eigenvalue weighted by Crippen LogP contribution is 2.25. The molecule has 0 heterocycles. The molecule has 1 aliphatic carbocycles. The molecule has 122 valence electrons. The van der Waals surface area contributed by atoms with Crippen LogP contribution in [0.2, 0.25) is 0 Å². The molecule has 2 aromatic rings. The average molecular weight is 316 g/mol. The normalized spacial score (nSPS) is 15.0. The van der Waals surface area contributed by atoms with Crippen molar-refractivity contribution in [3.8, 4) is 11.8 Å². The topological polar surface area (TPSA) is 17.1 Å². The van der Waals surface area contributed by atoms with Gasteiger partial charge in [0.25, 0.3) is 0 Å². The quantitative estimate of drug-likeness (QED) is 0.721. The maximum absolute atomic E-state index is 11.3. The second kappa shape index (κ2) is 7.97. The van der Waals surface area contributed by atoms with Crippen LogP contribution in [0.3, 0.4) is 0 Å². The second-order valence-electron chi connectivity index (χ2n) is 6.83. The summed E-state index contributed by atoms with van der Waals surface area (Å²) in [6.07, 6.45) is 6.04. The summed E-state index contributed by atoms with van der Waals surface area (Å²) in [4.78, 5) is 11.3. The molecule has 0 unspecified atom stereocenters. The molecule has 24 heavy (non-hydrogen) atoms. The van der Waals surface area contributed by atoms with E-state index < -0.39 is 0 Å². The maximum atomic E-state index is 11.3. The Kier molecular flexibility index (Phi) is 5.49. The van der Waals surface area contributed by atoms with Crippen LogP contribution in [0.15, 0.2) is 48.5 Å². The van der Waals surface area contributed by atoms with Gasteiger partial charge in [-0.25, -0.2) is 0 Å². The molecule has 1 fully saturated rings. The van der Waals surface area contributed by atoms with Crippen LogP contribution in [0.25, 0.3) is 0 Å². The lowest BCUT2D eigenvalue weighted by molar-refractivity contribution is -0.121. The van der Waals surface area contributed by atoms with Crippen LogP contribution in [0, 0.1) is 24.7 Å². The summed E-state index contributed by atoms with van der Waals surface area (Å²) >= 11 is 0. The van der Waals surface area contributed by atoms with Gasteiger partial charge in [-0.1, -0.05) is 41.7 Å². The molecule has 0 aromatic heterocycles. The first-order valence-electron chi connectivity index (χ1n) is 8.88. The zero-order chi connectivity index (χ0) is 16.8. The van der Waals surface area contributed by atoms with Crippen molar-refractivity contribution in [3.63, 3.8) is 0 Å². The van der Waals surface area contributed by atoms with Crippen LogP contribution in [0.5, 0.6) is 0 Å². The first kappa shape index (κ1) is 16.5. The van der Waals surface area contributed by atoms with Gasteiger partial charge in [0.2, 0.25) is 0 Å². The fourth-order valence-corrected chi connectivity index (χ4v) is 3.20. The molecule has 0 spiro atoms. The fourth-order valence-electron chi connectivity index (χ4n) is 3.20. The van der Waals surface area contributed by atoms with Crippen molar-refractivity contribution in [2.24, 2.45) is 5.92 Å². The number of rotatable bonds is 3. The van der Waals surface area contributed by atoms with Crippen molar-refractivity contribution in [2.75, 3.05) is 0 Å².